The molecule has 0 atom stereocenters. The van der Waals surface area contributed by atoms with Gasteiger partial charge in [-0.1, -0.05) is 54.6 Å². The third kappa shape index (κ3) is 4.27. The quantitative estimate of drug-likeness (QED) is 0.487. The zero-order chi connectivity index (χ0) is 20.1. The number of hydrogen-bond donors (Lipinski definition) is 2. The number of halogens is 1. The third-order valence-electron chi connectivity index (χ3n) is 4.18. The van der Waals surface area contributed by atoms with Crippen molar-refractivity contribution in [3.05, 3.63) is 77.5 Å². The van der Waals surface area contributed by atoms with Crippen LogP contribution in [-0.2, 0) is 4.79 Å². The number of rotatable bonds is 6. The van der Waals surface area contributed by atoms with Gasteiger partial charge in [-0.2, -0.15) is 0 Å². The van der Waals surface area contributed by atoms with E-state index in [1.54, 1.807) is 18.5 Å². The lowest BCUT2D eigenvalue weighted by Crippen LogP contribution is -2.14. The van der Waals surface area contributed by atoms with Crippen LogP contribution < -0.4 is 11.5 Å². The first kappa shape index (κ1) is 19.3. The van der Waals surface area contributed by atoms with Gasteiger partial charge in [-0.05, 0) is 29.3 Å². The van der Waals surface area contributed by atoms with E-state index in [4.69, 9.17) is 23.1 Å². The standard InChI is InChI=1S/C22H19ClN4O/c1-2-14-5-7-16(10-19(14)23)22-18(4-3-9-27-22)15-6-8-17(20(24)11-15)12-26-13-21(25)28/h2-12H,1,13,24H2,(H2,25,28). The molecule has 0 saturated heterocycles. The number of aromatic nitrogens is 1. The highest BCUT2D eigenvalue weighted by molar-refractivity contribution is 6.32. The molecule has 3 aromatic rings. The van der Waals surface area contributed by atoms with Crippen LogP contribution in [0.25, 0.3) is 28.5 Å². The minimum atomic E-state index is -0.493. The molecule has 2 aromatic carbocycles. The summed E-state index contributed by atoms with van der Waals surface area (Å²) < 4.78 is 0. The number of nitrogens with zero attached hydrogens (tertiary/aromatic N) is 2. The van der Waals surface area contributed by atoms with Gasteiger partial charge >= 0.3 is 0 Å². The second-order valence-electron chi connectivity index (χ2n) is 6.12. The fourth-order valence-electron chi connectivity index (χ4n) is 2.80. The average molecular weight is 391 g/mol. The van der Waals surface area contributed by atoms with Crippen molar-refractivity contribution >= 4 is 35.5 Å². The van der Waals surface area contributed by atoms with Gasteiger partial charge in [-0.3, -0.25) is 14.8 Å². The summed E-state index contributed by atoms with van der Waals surface area (Å²) in [5.74, 6) is -0.493. The molecule has 0 aliphatic carbocycles. The van der Waals surface area contributed by atoms with Gasteiger partial charge in [0.05, 0.1) is 5.69 Å². The number of carbonyl (C=O) groups excluding carboxylic acids is 1. The summed E-state index contributed by atoms with van der Waals surface area (Å²) in [6.45, 7) is 3.68. The summed E-state index contributed by atoms with van der Waals surface area (Å²) in [4.78, 5) is 19.3. The Morgan fingerprint density at radius 1 is 1.14 bits per heavy atom. The maximum absolute atomic E-state index is 10.8. The van der Waals surface area contributed by atoms with Gasteiger partial charge in [0.2, 0.25) is 5.91 Å². The van der Waals surface area contributed by atoms with E-state index in [2.05, 4.69) is 16.6 Å². The van der Waals surface area contributed by atoms with E-state index < -0.39 is 5.91 Å². The molecule has 6 heteroatoms. The summed E-state index contributed by atoms with van der Waals surface area (Å²) in [5.41, 5.74) is 16.9. The number of anilines is 1. The minimum Gasteiger partial charge on any atom is -0.398 e. The molecular formula is C22H19ClN4O. The van der Waals surface area contributed by atoms with E-state index in [0.29, 0.717) is 16.3 Å². The second kappa shape index (κ2) is 8.50. The lowest BCUT2D eigenvalue weighted by molar-refractivity contribution is -0.116. The van der Waals surface area contributed by atoms with Crippen LogP contribution in [0, 0.1) is 0 Å². The first-order valence-electron chi connectivity index (χ1n) is 8.55. The van der Waals surface area contributed by atoms with E-state index in [9.17, 15) is 4.79 Å². The number of nitrogen functional groups attached to an aromatic ring is 1. The van der Waals surface area contributed by atoms with Gasteiger partial charge < -0.3 is 11.5 Å². The number of primary amides is 1. The van der Waals surface area contributed by atoms with Crippen LogP contribution in [0.1, 0.15) is 11.1 Å². The van der Waals surface area contributed by atoms with Crippen LogP contribution in [0.5, 0.6) is 0 Å². The summed E-state index contributed by atoms with van der Waals surface area (Å²) in [7, 11) is 0. The fraction of sp³-hybridized carbons (Fsp3) is 0.0455. The third-order valence-corrected chi connectivity index (χ3v) is 4.50. The number of amides is 1. The van der Waals surface area contributed by atoms with Gasteiger partial charge in [0.15, 0.2) is 0 Å². The van der Waals surface area contributed by atoms with E-state index in [1.807, 2.05) is 48.5 Å². The second-order valence-corrected chi connectivity index (χ2v) is 6.53. The van der Waals surface area contributed by atoms with E-state index in [0.717, 1.165) is 27.9 Å². The predicted octanol–water partition coefficient (Wildman–Crippen LogP) is 4.20. The van der Waals surface area contributed by atoms with Gasteiger partial charge in [-0.15, -0.1) is 0 Å². The number of pyridine rings is 1. The number of benzene rings is 2. The molecule has 0 unspecified atom stereocenters. The molecule has 0 radical (unpaired) electrons. The molecule has 0 aliphatic rings. The van der Waals surface area contributed by atoms with Crippen LogP contribution >= 0.6 is 11.6 Å². The van der Waals surface area contributed by atoms with Crippen LogP contribution in [0.3, 0.4) is 0 Å². The summed E-state index contributed by atoms with van der Waals surface area (Å²) >= 11 is 6.33. The Hall–Kier alpha value is -3.44. The molecule has 4 N–H and O–H groups in total. The van der Waals surface area contributed by atoms with E-state index in [1.165, 1.54) is 0 Å². The fourth-order valence-corrected chi connectivity index (χ4v) is 3.06. The van der Waals surface area contributed by atoms with Crippen LogP contribution in [0.2, 0.25) is 5.02 Å². The molecule has 5 nitrogen and oxygen atoms in total. The maximum Gasteiger partial charge on any atom is 0.239 e. The Labute approximate surface area is 168 Å². The molecule has 28 heavy (non-hydrogen) atoms. The lowest BCUT2D eigenvalue weighted by atomic mass is 9.97. The van der Waals surface area contributed by atoms with Crippen LogP contribution in [0.4, 0.5) is 5.69 Å². The van der Waals surface area contributed by atoms with E-state index >= 15 is 0 Å². The van der Waals surface area contributed by atoms with Crippen molar-refractivity contribution in [3.63, 3.8) is 0 Å². The van der Waals surface area contributed by atoms with Crippen molar-refractivity contribution in [2.45, 2.75) is 0 Å². The molecule has 140 valence electrons. The SMILES string of the molecule is C=Cc1ccc(-c2ncccc2-c2ccc(C=NCC(N)=O)c(N)c2)cc1Cl. The average Bonchev–Trinajstić information content (AvgIpc) is 2.69. The summed E-state index contributed by atoms with van der Waals surface area (Å²) in [6, 6.07) is 15.2. The normalized spacial score (nSPS) is 10.9. The Morgan fingerprint density at radius 3 is 2.57 bits per heavy atom. The molecule has 0 spiro atoms. The van der Waals surface area contributed by atoms with Crippen LogP contribution in [0.15, 0.2) is 66.3 Å². The number of nitrogens with two attached hydrogens (primary N) is 2. The van der Waals surface area contributed by atoms with Crippen molar-refractivity contribution in [3.8, 4) is 22.4 Å². The molecule has 0 fully saturated rings. The topological polar surface area (TPSA) is 94.4 Å². The van der Waals surface area contributed by atoms with Crippen molar-refractivity contribution in [1.82, 2.24) is 4.98 Å². The highest BCUT2D eigenvalue weighted by atomic mass is 35.5. The minimum absolute atomic E-state index is 0.0740. The first-order chi connectivity index (χ1) is 13.5. The summed E-state index contributed by atoms with van der Waals surface area (Å²) in [5, 5.41) is 0.615. The molecule has 0 aliphatic heterocycles. The van der Waals surface area contributed by atoms with Crippen molar-refractivity contribution in [2.75, 3.05) is 12.3 Å². The Morgan fingerprint density at radius 2 is 1.89 bits per heavy atom. The van der Waals surface area contributed by atoms with Crippen molar-refractivity contribution in [1.29, 1.82) is 0 Å². The highest BCUT2D eigenvalue weighted by Crippen LogP contribution is 2.33. The highest BCUT2D eigenvalue weighted by Gasteiger charge is 2.11. The Balaban J connectivity index is 2.00. The number of aliphatic imine (C=N–C) groups is 1. The molecular weight excluding hydrogens is 372 g/mol. The smallest absolute Gasteiger partial charge is 0.239 e. The van der Waals surface area contributed by atoms with Gasteiger partial charge in [0, 0.05) is 39.8 Å². The molecule has 1 heterocycles. The monoisotopic (exact) mass is 390 g/mol. The van der Waals surface area contributed by atoms with Gasteiger partial charge in [-0.25, -0.2) is 0 Å². The molecule has 1 aromatic heterocycles. The maximum atomic E-state index is 10.8. The molecule has 0 saturated carbocycles. The number of hydrogen-bond acceptors (Lipinski definition) is 4. The van der Waals surface area contributed by atoms with Crippen molar-refractivity contribution < 1.29 is 4.79 Å². The molecule has 0 bridgehead atoms. The summed E-state index contributed by atoms with van der Waals surface area (Å²) in [6.07, 6.45) is 4.99. The lowest BCUT2D eigenvalue weighted by Gasteiger charge is -2.11. The van der Waals surface area contributed by atoms with Gasteiger partial charge in [0.25, 0.3) is 0 Å². The largest absolute Gasteiger partial charge is 0.398 e. The van der Waals surface area contributed by atoms with Crippen LogP contribution in [-0.4, -0.2) is 23.7 Å². The predicted molar refractivity (Wildman–Crippen MR) is 116 cm³/mol. The van der Waals surface area contributed by atoms with E-state index in [-0.39, 0.29) is 6.54 Å². The zero-order valence-electron chi connectivity index (χ0n) is 15.1. The first-order valence-corrected chi connectivity index (χ1v) is 8.93. The van der Waals surface area contributed by atoms with Gasteiger partial charge in [0.1, 0.15) is 6.54 Å². The zero-order valence-corrected chi connectivity index (χ0v) is 15.9. The number of carbonyl (C=O) groups is 1. The van der Waals surface area contributed by atoms with Crippen molar-refractivity contribution in [2.24, 2.45) is 10.7 Å². The molecule has 3 rings (SSSR count). The Kier molecular flexibility index (Phi) is 5.87. The molecule has 1 amide bonds. The Bertz CT molecular complexity index is 1080.